The quantitative estimate of drug-likeness (QED) is 0.429. The average molecular weight is 428 g/mol. The summed E-state index contributed by atoms with van der Waals surface area (Å²) >= 11 is 1.29. The zero-order valence-electron chi connectivity index (χ0n) is 17.0. The summed E-state index contributed by atoms with van der Waals surface area (Å²) < 4.78 is 16.3. The molecule has 0 aliphatic heterocycles. The average Bonchev–Trinajstić information content (AvgIpc) is 3.17. The lowest BCUT2D eigenvalue weighted by atomic mass is 9.89. The van der Waals surface area contributed by atoms with Crippen molar-refractivity contribution < 1.29 is 9.18 Å². The Balaban J connectivity index is 1.75. The van der Waals surface area contributed by atoms with Crippen molar-refractivity contribution in [2.24, 2.45) is 0 Å². The molecule has 2 aromatic rings. The minimum Gasteiger partial charge on any atom is -0.308 e. The third-order valence-electron chi connectivity index (χ3n) is 5.24. The molecule has 1 amide bonds. The lowest BCUT2D eigenvalue weighted by molar-refractivity contribution is -0.116. The number of carbonyl (C=O) groups excluding carboxylic acids is 1. The normalized spacial score (nSPS) is 14.3. The number of thioether (sulfide) groups is 1. The molecule has 1 fully saturated rings. The number of anilines is 1. The predicted molar refractivity (Wildman–Crippen MR) is 116 cm³/mol. The molecule has 1 heterocycles. The van der Waals surface area contributed by atoms with Crippen LogP contribution >= 0.6 is 11.8 Å². The smallest absolute Gasteiger partial charge is 0.237 e. The second-order valence-corrected chi connectivity index (χ2v) is 8.21. The van der Waals surface area contributed by atoms with Gasteiger partial charge in [0.25, 0.3) is 0 Å². The molecule has 3 rings (SSSR count). The number of nitrogens with zero attached hydrogens (tertiary/aromatic N) is 5. The number of aromatic nitrogens is 3. The molecule has 1 aliphatic carbocycles. The van der Waals surface area contributed by atoms with Crippen molar-refractivity contribution in [3.05, 3.63) is 48.6 Å². The molecule has 158 valence electrons. The van der Waals surface area contributed by atoms with Gasteiger partial charge in [-0.05, 0) is 25.0 Å². The van der Waals surface area contributed by atoms with Crippen molar-refractivity contribution in [2.45, 2.75) is 56.1 Å². The van der Waals surface area contributed by atoms with Crippen LogP contribution in [-0.2, 0) is 11.3 Å². The Bertz CT molecular complexity index is 916. The molecule has 6 nitrogen and oxygen atoms in total. The summed E-state index contributed by atoms with van der Waals surface area (Å²) in [6.45, 7) is 4.56. The minimum absolute atomic E-state index is 0.0830. The number of nitriles is 1. The van der Waals surface area contributed by atoms with Gasteiger partial charge in [-0.2, -0.15) is 5.26 Å². The number of hydrogen-bond donors (Lipinski definition) is 0. The number of allylic oxidation sites excluding steroid dienone is 1. The van der Waals surface area contributed by atoms with Crippen molar-refractivity contribution >= 4 is 23.4 Å². The van der Waals surface area contributed by atoms with E-state index in [1.54, 1.807) is 24.3 Å². The van der Waals surface area contributed by atoms with E-state index in [0.29, 0.717) is 17.6 Å². The Labute approximate surface area is 180 Å². The molecular weight excluding hydrogens is 401 g/mol. The zero-order chi connectivity index (χ0) is 21.3. The van der Waals surface area contributed by atoms with E-state index in [0.717, 1.165) is 18.7 Å². The summed E-state index contributed by atoms with van der Waals surface area (Å²) in [7, 11) is 0. The Kier molecular flexibility index (Phi) is 8.03. The van der Waals surface area contributed by atoms with E-state index in [2.05, 4.69) is 16.8 Å². The topological polar surface area (TPSA) is 74.8 Å². The molecular formula is C22H26FN5OS. The molecule has 1 aromatic heterocycles. The van der Waals surface area contributed by atoms with Crippen LogP contribution in [0.15, 0.2) is 42.1 Å². The molecule has 0 unspecified atom stereocenters. The van der Waals surface area contributed by atoms with Crippen LogP contribution in [0.1, 0.15) is 50.3 Å². The highest BCUT2D eigenvalue weighted by Crippen LogP contribution is 2.33. The van der Waals surface area contributed by atoms with Crippen molar-refractivity contribution in [3.8, 4) is 6.07 Å². The van der Waals surface area contributed by atoms with Gasteiger partial charge in [-0.15, -0.1) is 16.8 Å². The van der Waals surface area contributed by atoms with Crippen molar-refractivity contribution in [1.29, 1.82) is 5.26 Å². The Morgan fingerprint density at radius 3 is 2.80 bits per heavy atom. The Hall–Kier alpha value is -2.66. The SMILES string of the molecule is C=CCn1c(SCC(=O)N(CCC#N)c2ccccc2F)nnc1C1CCCCC1. The van der Waals surface area contributed by atoms with E-state index >= 15 is 0 Å². The van der Waals surface area contributed by atoms with Crippen molar-refractivity contribution in [3.63, 3.8) is 0 Å². The van der Waals surface area contributed by atoms with Crippen LogP contribution < -0.4 is 4.90 Å². The van der Waals surface area contributed by atoms with Gasteiger partial charge in [-0.25, -0.2) is 4.39 Å². The summed E-state index contributed by atoms with van der Waals surface area (Å²) in [4.78, 5) is 14.2. The van der Waals surface area contributed by atoms with E-state index in [9.17, 15) is 9.18 Å². The van der Waals surface area contributed by atoms with E-state index in [-0.39, 0.29) is 30.3 Å². The first-order chi connectivity index (χ1) is 14.7. The fourth-order valence-electron chi connectivity index (χ4n) is 3.79. The van der Waals surface area contributed by atoms with Crippen LogP contribution in [0, 0.1) is 17.1 Å². The molecule has 30 heavy (non-hydrogen) atoms. The molecule has 0 atom stereocenters. The van der Waals surface area contributed by atoms with E-state index in [4.69, 9.17) is 5.26 Å². The van der Waals surface area contributed by atoms with E-state index in [1.807, 2.05) is 10.6 Å². The van der Waals surface area contributed by atoms with Gasteiger partial charge in [-0.1, -0.05) is 49.2 Å². The molecule has 0 bridgehead atoms. The van der Waals surface area contributed by atoms with Gasteiger partial charge in [0.2, 0.25) is 5.91 Å². The number of rotatable bonds is 9. The van der Waals surface area contributed by atoms with Crippen LogP contribution in [-0.4, -0.2) is 33.0 Å². The highest BCUT2D eigenvalue weighted by Gasteiger charge is 2.24. The number of hydrogen-bond acceptors (Lipinski definition) is 5. The number of para-hydroxylation sites is 1. The predicted octanol–water partition coefficient (Wildman–Crippen LogP) is 4.69. The van der Waals surface area contributed by atoms with Crippen molar-refractivity contribution in [2.75, 3.05) is 17.2 Å². The summed E-state index contributed by atoms with van der Waals surface area (Å²) in [5.74, 6) is 0.678. The van der Waals surface area contributed by atoms with Crippen LogP contribution in [0.4, 0.5) is 10.1 Å². The van der Waals surface area contributed by atoms with E-state index < -0.39 is 5.82 Å². The first-order valence-electron chi connectivity index (χ1n) is 10.2. The maximum atomic E-state index is 14.2. The van der Waals surface area contributed by atoms with Gasteiger partial charge in [0.15, 0.2) is 5.16 Å². The number of carbonyl (C=O) groups is 1. The number of benzene rings is 1. The molecule has 0 saturated heterocycles. The maximum absolute atomic E-state index is 14.2. The van der Waals surface area contributed by atoms with Gasteiger partial charge >= 0.3 is 0 Å². The molecule has 8 heteroatoms. The highest BCUT2D eigenvalue weighted by molar-refractivity contribution is 7.99. The molecule has 0 radical (unpaired) electrons. The Morgan fingerprint density at radius 2 is 2.10 bits per heavy atom. The van der Waals surface area contributed by atoms with Crippen LogP contribution in [0.3, 0.4) is 0 Å². The van der Waals surface area contributed by atoms with Gasteiger partial charge in [0.1, 0.15) is 11.6 Å². The highest BCUT2D eigenvalue weighted by atomic mass is 32.2. The molecule has 1 saturated carbocycles. The largest absolute Gasteiger partial charge is 0.308 e. The van der Waals surface area contributed by atoms with Gasteiger partial charge in [-0.3, -0.25) is 4.79 Å². The molecule has 0 spiro atoms. The van der Waals surface area contributed by atoms with Gasteiger partial charge in [0, 0.05) is 19.0 Å². The zero-order valence-corrected chi connectivity index (χ0v) is 17.8. The summed E-state index contributed by atoms with van der Waals surface area (Å²) in [5, 5.41) is 18.3. The Morgan fingerprint density at radius 1 is 1.33 bits per heavy atom. The monoisotopic (exact) mass is 427 g/mol. The van der Waals surface area contributed by atoms with Crippen molar-refractivity contribution in [1.82, 2.24) is 14.8 Å². The first-order valence-corrected chi connectivity index (χ1v) is 11.2. The third-order valence-corrected chi connectivity index (χ3v) is 6.20. The lowest BCUT2D eigenvalue weighted by Crippen LogP contribution is -2.34. The second-order valence-electron chi connectivity index (χ2n) is 7.27. The fourth-order valence-corrected chi connectivity index (χ4v) is 4.62. The number of halogens is 1. The summed E-state index contributed by atoms with van der Waals surface area (Å²) in [6.07, 6.45) is 7.80. The maximum Gasteiger partial charge on any atom is 0.237 e. The standard InChI is InChI=1S/C22H26FN5OS/c1-2-14-28-21(17-9-4-3-5-10-17)25-26-22(28)30-16-20(29)27(15-8-13-24)19-12-7-6-11-18(19)23/h2,6-7,11-12,17H,1,3-5,8-10,14-16H2. The van der Waals surface area contributed by atoms with E-state index in [1.165, 1.54) is 42.0 Å². The third kappa shape index (κ3) is 5.28. The molecule has 1 aliphatic rings. The number of amides is 1. The second kappa shape index (κ2) is 10.9. The first kappa shape index (κ1) is 22.0. The summed E-state index contributed by atoms with van der Waals surface area (Å²) in [5.41, 5.74) is 0.189. The lowest BCUT2D eigenvalue weighted by Gasteiger charge is -2.22. The van der Waals surface area contributed by atoms with Crippen LogP contribution in [0.25, 0.3) is 0 Å². The van der Waals surface area contributed by atoms with Gasteiger partial charge in [0.05, 0.1) is 23.9 Å². The summed E-state index contributed by atoms with van der Waals surface area (Å²) in [6, 6.07) is 8.14. The molecule has 1 aromatic carbocycles. The van der Waals surface area contributed by atoms with Gasteiger partial charge < -0.3 is 9.47 Å². The molecule has 0 N–H and O–H groups in total. The van der Waals surface area contributed by atoms with Crippen LogP contribution in [0.2, 0.25) is 0 Å². The minimum atomic E-state index is -0.483. The van der Waals surface area contributed by atoms with Crippen LogP contribution in [0.5, 0.6) is 0 Å². The fraction of sp³-hybridized carbons (Fsp3) is 0.455.